The van der Waals surface area contributed by atoms with Gasteiger partial charge in [0.1, 0.15) is 24.2 Å². The first-order valence-electron chi connectivity index (χ1n) is 14.7. The Hall–Kier alpha value is -2.34. The van der Waals surface area contributed by atoms with Crippen molar-refractivity contribution in [1.82, 2.24) is 9.47 Å². The molecule has 0 saturated heterocycles. The molecule has 0 aliphatic rings. The van der Waals surface area contributed by atoms with Crippen molar-refractivity contribution in [2.75, 3.05) is 47.3 Å². The monoisotopic (exact) mass is 694 g/mol. The molecule has 2 unspecified atom stereocenters. The first-order chi connectivity index (χ1) is 21.7. The first kappa shape index (κ1) is 35.5. The van der Waals surface area contributed by atoms with Crippen molar-refractivity contribution in [3.63, 3.8) is 0 Å². The second kappa shape index (κ2) is 17.5. The number of para-hydroxylation sites is 1. The van der Waals surface area contributed by atoms with Gasteiger partial charge in [-0.3, -0.25) is 9.09 Å². The van der Waals surface area contributed by atoms with Gasteiger partial charge in [-0.25, -0.2) is 4.79 Å². The Kier molecular flexibility index (Phi) is 13.8. The number of likely N-dealkylation sites (N-methyl/N-ethyl adjacent to an activating group) is 1. The molecular weight excluding hydrogens is 655 g/mol. The Morgan fingerprint density at radius 3 is 2.60 bits per heavy atom. The molecule has 0 spiro atoms. The maximum atomic E-state index is 12.5. The van der Waals surface area contributed by atoms with Gasteiger partial charge in [0.2, 0.25) is 0 Å². The first-order valence-corrected chi connectivity index (χ1v) is 19.3. The topological polar surface area (TPSA) is 84.5 Å². The zero-order chi connectivity index (χ0) is 32.2. The predicted molar refractivity (Wildman–Crippen MR) is 185 cm³/mol. The van der Waals surface area contributed by atoms with Crippen LogP contribution in [0.15, 0.2) is 75.9 Å². The summed E-state index contributed by atoms with van der Waals surface area (Å²) in [6.07, 6.45) is 1.39. The van der Waals surface area contributed by atoms with Crippen LogP contribution in [0.5, 0.6) is 11.5 Å². The molecule has 13 heteroatoms. The Labute approximate surface area is 278 Å². The molecule has 9 nitrogen and oxygen atoms in total. The summed E-state index contributed by atoms with van der Waals surface area (Å²) in [5.41, 5.74) is 0.498. The van der Waals surface area contributed by atoms with Crippen molar-refractivity contribution < 1.29 is 27.7 Å². The number of aryl methyl sites for hydroxylation is 2. The van der Waals surface area contributed by atoms with Gasteiger partial charge in [0.05, 0.1) is 24.6 Å². The Morgan fingerprint density at radius 1 is 1.00 bits per heavy atom. The van der Waals surface area contributed by atoms with Gasteiger partial charge in [-0.05, 0) is 105 Å². The van der Waals surface area contributed by atoms with Crippen LogP contribution in [0.3, 0.4) is 0 Å². The molecule has 4 aromatic rings. The zero-order valence-corrected chi connectivity index (χ0v) is 29.3. The van der Waals surface area contributed by atoms with Crippen molar-refractivity contribution in [2.45, 2.75) is 38.7 Å². The van der Waals surface area contributed by atoms with E-state index in [9.17, 15) is 4.79 Å². The van der Waals surface area contributed by atoms with E-state index in [2.05, 4.69) is 18.2 Å². The third-order valence-corrected chi connectivity index (χ3v) is 12.1. The van der Waals surface area contributed by atoms with Gasteiger partial charge in [-0.1, -0.05) is 41.9 Å². The Bertz CT molecular complexity index is 1630. The summed E-state index contributed by atoms with van der Waals surface area (Å²) in [5, 5.41) is 0.485. The van der Waals surface area contributed by atoms with Gasteiger partial charge < -0.3 is 28.1 Å². The van der Waals surface area contributed by atoms with Crippen LogP contribution < -0.4 is 15.2 Å². The average Bonchev–Trinajstić information content (AvgIpc) is 3.32. The lowest BCUT2D eigenvalue weighted by atomic mass is 10.0. The Morgan fingerprint density at radius 2 is 1.82 bits per heavy atom. The molecule has 1 heterocycles. The molecule has 45 heavy (non-hydrogen) atoms. The number of fused-ring (bicyclic) bond motifs is 1. The van der Waals surface area contributed by atoms with Gasteiger partial charge in [0.25, 0.3) is 5.69 Å². The van der Waals surface area contributed by atoms with Gasteiger partial charge in [-0.2, -0.15) is 0 Å². The fourth-order valence-electron chi connectivity index (χ4n) is 4.58. The van der Waals surface area contributed by atoms with Crippen molar-refractivity contribution in [2.24, 2.45) is 0 Å². The molecule has 0 radical (unpaired) electrons. The summed E-state index contributed by atoms with van der Waals surface area (Å²) in [5.74, 6) is 1.40. The van der Waals surface area contributed by atoms with Crippen molar-refractivity contribution in [1.29, 1.82) is 0 Å². The van der Waals surface area contributed by atoms with E-state index in [1.54, 1.807) is 18.2 Å². The summed E-state index contributed by atoms with van der Waals surface area (Å²) in [6, 6.07) is 21.3. The summed E-state index contributed by atoms with van der Waals surface area (Å²) >= 11 is 13.1. The molecular formula is C32H40ClN2O7PS2. The Balaban J connectivity index is 1.34. The number of hydrogen-bond acceptors (Lipinski definition) is 10. The number of benzene rings is 3. The second-order valence-corrected chi connectivity index (χ2v) is 17.0. The maximum Gasteiger partial charge on any atom is 0.420 e. The number of nitrogens with zero attached hydrogens (tertiary/aromatic N) is 2. The molecule has 0 bridgehead atoms. The third-order valence-electron chi connectivity index (χ3n) is 6.64. The summed E-state index contributed by atoms with van der Waals surface area (Å²) < 4.78 is 36.8. The van der Waals surface area contributed by atoms with E-state index in [0.29, 0.717) is 42.5 Å². The maximum absolute atomic E-state index is 12.5. The number of rotatable bonds is 19. The van der Waals surface area contributed by atoms with E-state index in [-0.39, 0.29) is 18.8 Å². The largest absolute Gasteiger partial charge is 0.494 e. The van der Waals surface area contributed by atoms with Crippen LogP contribution in [0.4, 0.5) is 0 Å². The minimum absolute atomic E-state index is 0.0827. The highest BCUT2D eigenvalue weighted by Crippen LogP contribution is 2.61. The highest BCUT2D eigenvalue weighted by molar-refractivity contribution is 8.67. The number of aromatic nitrogens is 1. The average molecular weight is 695 g/mol. The molecule has 3 aromatic carbocycles. The molecule has 0 aliphatic heterocycles. The van der Waals surface area contributed by atoms with Crippen LogP contribution >= 0.6 is 28.7 Å². The molecule has 4 rings (SSSR count). The number of hydrogen-bond donors (Lipinski definition) is 0. The van der Waals surface area contributed by atoms with Crippen LogP contribution in [0.25, 0.3) is 11.1 Å². The molecule has 2 atom stereocenters. The molecule has 0 amide bonds. The van der Waals surface area contributed by atoms with Crippen molar-refractivity contribution >= 4 is 51.6 Å². The summed E-state index contributed by atoms with van der Waals surface area (Å²) in [4.78, 5) is 14.5. The molecule has 0 aliphatic carbocycles. The van der Waals surface area contributed by atoms with E-state index in [4.69, 9.17) is 51.1 Å². The quantitative estimate of drug-likeness (QED) is 0.0732. The SMILES string of the molecule is CCOc1cccc(CCc2ccccc2OCC(CN(C)C)OCOP(=S)(OCC)SCn2c(=O)oc3cc(Cl)ccc32)c1. The lowest BCUT2D eigenvalue weighted by Gasteiger charge is -2.25. The van der Waals surface area contributed by atoms with Crippen LogP contribution in [-0.2, 0) is 44.3 Å². The van der Waals surface area contributed by atoms with Gasteiger partial charge in [0.15, 0.2) is 12.4 Å². The highest BCUT2D eigenvalue weighted by Gasteiger charge is 2.23. The van der Waals surface area contributed by atoms with E-state index in [1.165, 1.54) is 21.5 Å². The second-order valence-electron chi connectivity index (χ2n) is 10.3. The predicted octanol–water partition coefficient (Wildman–Crippen LogP) is 7.38. The van der Waals surface area contributed by atoms with E-state index in [0.717, 1.165) is 29.9 Å². The standard InChI is InChI=1S/C32H40ClN2O7PS2/c1-5-37-27-12-9-10-24(18-27)14-15-25-11-7-8-13-30(25)38-21-28(20-34(3)4)39-23-41-43(44,40-6-2)45-22-35-29-17-16-26(33)19-31(29)42-32(35)36/h7-13,16-19,28H,5-6,14-15,20-23H2,1-4H3. The molecule has 244 valence electrons. The number of oxazole rings is 1. The van der Waals surface area contributed by atoms with Crippen molar-refractivity contribution in [3.05, 3.63) is 93.4 Å². The van der Waals surface area contributed by atoms with Gasteiger partial charge >= 0.3 is 5.76 Å². The molecule has 0 N–H and O–H groups in total. The third kappa shape index (κ3) is 10.9. The van der Waals surface area contributed by atoms with Crippen LogP contribution in [0.2, 0.25) is 5.02 Å². The summed E-state index contributed by atoms with van der Waals surface area (Å²) in [6.45, 7) is 5.68. The molecule has 1 aromatic heterocycles. The van der Waals surface area contributed by atoms with Crippen LogP contribution in [0, 0.1) is 0 Å². The summed E-state index contributed by atoms with van der Waals surface area (Å²) in [7, 11) is 3.95. The lowest BCUT2D eigenvalue weighted by Crippen LogP contribution is -2.34. The minimum Gasteiger partial charge on any atom is -0.494 e. The fraction of sp³-hybridized carbons (Fsp3) is 0.406. The normalized spacial score (nSPS) is 13.6. The fourth-order valence-corrected chi connectivity index (χ4v) is 8.51. The van der Waals surface area contributed by atoms with Crippen molar-refractivity contribution in [3.8, 4) is 11.5 Å². The smallest absolute Gasteiger partial charge is 0.420 e. The van der Waals surface area contributed by atoms with E-state index < -0.39 is 11.4 Å². The highest BCUT2D eigenvalue weighted by atomic mass is 35.5. The van der Waals surface area contributed by atoms with E-state index in [1.807, 2.05) is 63.2 Å². The van der Waals surface area contributed by atoms with Gasteiger partial charge in [-0.15, -0.1) is 0 Å². The van der Waals surface area contributed by atoms with E-state index >= 15 is 0 Å². The van der Waals surface area contributed by atoms with Crippen LogP contribution in [-0.4, -0.2) is 62.8 Å². The van der Waals surface area contributed by atoms with Crippen LogP contribution in [0.1, 0.15) is 25.0 Å². The number of halogens is 1. The van der Waals surface area contributed by atoms with Gasteiger partial charge in [0, 0.05) is 17.6 Å². The minimum atomic E-state index is -2.86. The number of ether oxygens (including phenoxy) is 3. The molecule has 0 saturated carbocycles. The molecule has 0 fully saturated rings. The zero-order valence-electron chi connectivity index (χ0n) is 26.0. The lowest BCUT2D eigenvalue weighted by molar-refractivity contribution is -0.0598.